The Morgan fingerprint density at radius 2 is 1.73 bits per heavy atom. The first kappa shape index (κ1) is 26.7. The van der Waals surface area contributed by atoms with Crippen LogP contribution in [-0.4, -0.2) is 54.3 Å². The molecule has 5 rings (SSSR count). The number of ether oxygens (including phenoxy) is 1. The number of primary amides is 1. The average molecular weight is 507 g/mol. The van der Waals surface area contributed by atoms with Crippen molar-refractivity contribution < 1.29 is 19.1 Å². The molecule has 2 bridgehead atoms. The van der Waals surface area contributed by atoms with Gasteiger partial charge in [-0.1, -0.05) is 49.4 Å². The van der Waals surface area contributed by atoms with Gasteiger partial charge in [0.05, 0.1) is 0 Å². The van der Waals surface area contributed by atoms with E-state index in [1.54, 1.807) is 6.92 Å². The Morgan fingerprint density at radius 3 is 2.35 bits per heavy atom. The highest BCUT2D eigenvalue weighted by molar-refractivity contribution is 5.88. The lowest BCUT2D eigenvalue weighted by Gasteiger charge is -2.45. The zero-order valence-corrected chi connectivity index (χ0v) is 21.5. The molecule has 3 aliphatic heterocycles. The third-order valence-electron chi connectivity index (χ3n) is 7.54. The second-order valence-electron chi connectivity index (χ2n) is 10.3. The fourth-order valence-corrected chi connectivity index (χ4v) is 5.08. The van der Waals surface area contributed by atoms with Gasteiger partial charge in [0.2, 0.25) is 17.7 Å². The van der Waals surface area contributed by atoms with Crippen molar-refractivity contribution in [2.75, 3.05) is 19.6 Å². The number of carbonyl (C=O) groups excluding carboxylic acids is 3. The van der Waals surface area contributed by atoms with Crippen LogP contribution in [0, 0.1) is 11.8 Å². The van der Waals surface area contributed by atoms with Crippen LogP contribution in [0.2, 0.25) is 0 Å². The van der Waals surface area contributed by atoms with Gasteiger partial charge < -0.3 is 26.0 Å². The molecule has 0 radical (unpaired) electrons. The van der Waals surface area contributed by atoms with Crippen LogP contribution in [0.1, 0.15) is 43.7 Å². The molecule has 4 N–H and O–H groups in total. The first-order chi connectivity index (χ1) is 17.9. The summed E-state index contributed by atoms with van der Waals surface area (Å²) in [7, 11) is 0. The quantitative estimate of drug-likeness (QED) is 0.409. The highest BCUT2D eigenvalue weighted by Crippen LogP contribution is 2.27. The van der Waals surface area contributed by atoms with Gasteiger partial charge in [0, 0.05) is 31.3 Å². The summed E-state index contributed by atoms with van der Waals surface area (Å²) in [6.07, 6.45) is 3.04. The van der Waals surface area contributed by atoms with E-state index in [0.717, 1.165) is 49.4 Å². The van der Waals surface area contributed by atoms with Crippen molar-refractivity contribution in [2.24, 2.45) is 17.6 Å². The minimum absolute atomic E-state index is 0.109. The zero-order valence-electron chi connectivity index (χ0n) is 21.5. The zero-order chi connectivity index (χ0) is 26.2. The molecule has 3 heterocycles. The van der Waals surface area contributed by atoms with Gasteiger partial charge in [0.1, 0.15) is 18.4 Å². The third-order valence-corrected chi connectivity index (χ3v) is 7.54. The number of hydrogen-bond donors (Lipinski definition) is 3. The number of rotatable bonds is 12. The van der Waals surface area contributed by atoms with E-state index in [2.05, 4.69) is 15.5 Å². The molecular formula is C29H38N4O4. The molecule has 8 heteroatoms. The maximum Gasteiger partial charge on any atom is 0.243 e. The average Bonchev–Trinajstić information content (AvgIpc) is 2.92. The van der Waals surface area contributed by atoms with E-state index in [-0.39, 0.29) is 24.3 Å². The maximum absolute atomic E-state index is 13.4. The van der Waals surface area contributed by atoms with Crippen molar-refractivity contribution in [3.63, 3.8) is 0 Å². The second kappa shape index (κ2) is 12.7. The van der Waals surface area contributed by atoms with Crippen molar-refractivity contribution >= 4 is 17.7 Å². The molecule has 2 aromatic carbocycles. The fourth-order valence-electron chi connectivity index (χ4n) is 5.08. The van der Waals surface area contributed by atoms with Crippen LogP contribution in [0.25, 0.3) is 0 Å². The van der Waals surface area contributed by atoms with E-state index in [1.165, 1.54) is 0 Å². The van der Waals surface area contributed by atoms with E-state index in [9.17, 15) is 14.4 Å². The molecule has 0 aliphatic carbocycles. The van der Waals surface area contributed by atoms with Gasteiger partial charge in [0.15, 0.2) is 0 Å². The number of amides is 3. The predicted octanol–water partition coefficient (Wildman–Crippen LogP) is 2.40. The number of hydrogen-bond acceptors (Lipinski definition) is 5. The minimum atomic E-state index is -0.706. The second-order valence-corrected chi connectivity index (χ2v) is 10.3. The minimum Gasteiger partial charge on any atom is -0.489 e. The SMILES string of the molecule is CC(CCC(=O)NC(Cc1ccc(OCc2ccccc2)cc1)C(=O)NC1CN2CCC1CC2)C(N)=O. The lowest BCUT2D eigenvalue weighted by atomic mass is 9.84. The number of benzene rings is 2. The van der Waals surface area contributed by atoms with Gasteiger partial charge in [-0.25, -0.2) is 0 Å². The van der Waals surface area contributed by atoms with Gasteiger partial charge >= 0.3 is 0 Å². The standard InChI is InChI=1S/C29H38N4O4/c1-20(28(30)35)7-12-27(34)31-25(29(36)32-26-18-33-15-13-23(26)14-16-33)17-21-8-10-24(11-9-21)37-19-22-5-3-2-4-6-22/h2-6,8-11,20,23,25-26H,7,12-19H2,1H3,(H2,30,35)(H,31,34)(H,32,36). The van der Waals surface area contributed by atoms with Gasteiger partial charge in [-0.2, -0.15) is 0 Å². The van der Waals surface area contributed by atoms with E-state index in [1.807, 2.05) is 54.6 Å². The molecule has 0 spiro atoms. The Labute approximate surface area is 218 Å². The Morgan fingerprint density at radius 1 is 1.03 bits per heavy atom. The number of fused-ring (bicyclic) bond motifs is 3. The van der Waals surface area contributed by atoms with Crippen LogP contribution in [0.15, 0.2) is 54.6 Å². The summed E-state index contributed by atoms with van der Waals surface area (Å²) in [5.74, 6) is -0.0233. The van der Waals surface area contributed by atoms with Crippen molar-refractivity contribution in [3.05, 3.63) is 65.7 Å². The third kappa shape index (κ3) is 7.79. The summed E-state index contributed by atoms with van der Waals surface area (Å²) < 4.78 is 5.88. The van der Waals surface area contributed by atoms with Gasteiger partial charge in [-0.05, 0) is 61.5 Å². The number of piperidine rings is 3. The van der Waals surface area contributed by atoms with E-state index < -0.39 is 17.9 Å². The summed E-state index contributed by atoms with van der Waals surface area (Å²) in [5, 5.41) is 6.12. The van der Waals surface area contributed by atoms with Crippen LogP contribution in [0.4, 0.5) is 0 Å². The van der Waals surface area contributed by atoms with Crippen molar-refractivity contribution in [2.45, 2.75) is 57.7 Å². The summed E-state index contributed by atoms with van der Waals surface area (Å²) in [6.45, 7) is 5.22. The monoisotopic (exact) mass is 506 g/mol. The molecule has 37 heavy (non-hydrogen) atoms. The molecule has 0 aromatic heterocycles. The van der Waals surface area contributed by atoms with Gasteiger partial charge in [0.25, 0.3) is 0 Å². The van der Waals surface area contributed by atoms with Crippen molar-refractivity contribution in [3.8, 4) is 5.75 Å². The number of nitrogens with one attached hydrogen (secondary N) is 2. The first-order valence-electron chi connectivity index (χ1n) is 13.2. The van der Waals surface area contributed by atoms with Crippen LogP contribution in [0.5, 0.6) is 5.75 Å². The molecule has 3 aliphatic rings. The number of carbonyl (C=O) groups is 3. The Bertz CT molecular complexity index is 1050. The Kier molecular flexibility index (Phi) is 9.17. The largest absolute Gasteiger partial charge is 0.489 e. The predicted molar refractivity (Wildman–Crippen MR) is 142 cm³/mol. The molecule has 3 unspecified atom stereocenters. The summed E-state index contributed by atoms with van der Waals surface area (Å²) in [4.78, 5) is 39.8. The fraction of sp³-hybridized carbons (Fsp3) is 0.483. The molecule has 3 amide bonds. The van der Waals surface area contributed by atoms with Crippen LogP contribution < -0.4 is 21.1 Å². The molecule has 8 nitrogen and oxygen atoms in total. The first-order valence-corrected chi connectivity index (χ1v) is 13.2. The van der Waals surface area contributed by atoms with Gasteiger partial charge in [-0.3, -0.25) is 14.4 Å². The summed E-state index contributed by atoms with van der Waals surface area (Å²) in [5.41, 5.74) is 7.34. The molecule has 3 atom stereocenters. The highest BCUT2D eigenvalue weighted by atomic mass is 16.5. The van der Waals surface area contributed by atoms with Crippen LogP contribution in [0.3, 0.4) is 0 Å². The van der Waals surface area contributed by atoms with Crippen LogP contribution in [-0.2, 0) is 27.4 Å². The van der Waals surface area contributed by atoms with Crippen LogP contribution >= 0.6 is 0 Å². The molecule has 3 fully saturated rings. The smallest absolute Gasteiger partial charge is 0.243 e. The topological polar surface area (TPSA) is 114 Å². The normalized spacial score (nSPS) is 22.0. The molecule has 3 saturated heterocycles. The Hall–Kier alpha value is -3.39. The van der Waals surface area contributed by atoms with Gasteiger partial charge in [-0.15, -0.1) is 0 Å². The molecule has 198 valence electrons. The summed E-state index contributed by atoms with van der Waals surface area (Å²) in [6, 6.07) is 17.0. The summed E-state index contributed by atoms with van der Waals surface area (Å²) >= 11 is 0. The van der Waals surface area contributed by atoms with Crippen molar-refractivity contribution in [1.82, 2.24) is 15.5 Å². The van der Waals surface area contributed by atoms with E-state index in [4.69, 9.17) is 10.5 Å². The maximum atomic E-state index is 13.4. The number of nitrogens with zero attached hydrogens (tertiary/aromatic N) is 1. The molecule has 2 aromatic rings. The molecular weight excluding hydrogens is 468 g/mol. The lowest BCUT2D eigenvalue weighted by Crippen LogP contribution is -2.60. The highest BCUT2D eigenvalue weighted by Gasteiger charge is 2.36. The number of nitrogens with two attached hydrogens (primary N) is 1. The lowest BCUT2D eigenvalue weighted by molar-refractivity contribution is -0.130. The van der Waals surface area contributed by atoms with E-state index in [0.29, 0.717) is 25.4 Å². The molecule has 0 saturated carbocycles. The Balaban J connectivity index is 1.37. The van der Waals surface area contributed by atoms with Crippen molar-refractivity contribution in [1.29, 1.82) is 0 Å². The van der Waals surface area contributed by atoms with E-state index >= 15 is 0 Å².